The van der Waals surface area contributed by atoms with Crippen molar-refractivity contribution in [3.63, 3.8) is 0 Å². The Morgan fingerprint density at radius 2 is 1.77 bits per heavy atom. The molecular weight excluding hydrogens is 324 g/mol. The Bertz CT molecular complexity index is 880. The minimum absolute atomic E-state index is 0.139. The number of benzene rings is 2. The van der Waals surface area contributed by atoms with E-state index in [-0.39, 0.29) is 5.91 Å². The molecule has 0 spiro atoms. The van der Waals surface area contributed by atoms with Crippen molar-refractivity contribution in [3.05, 3.63) is 83.7 Å². The summed E-state index contributed by atoms with van der Waals surface area (Å²) in [4.78, 5) is 23.2. The highest BCUT2D eigenvalue weighted by Crippen LogP contribution is 2.16. The van der Waals surface area contributed by atoms with E-state index in [2.05, 4.69) is 34.3 Å². The Kier molecular flexibility index (Phi) is 5.59. The molecule has 1 amide bonds. The molecule has 0 aliphatic carbocycles. The molecular formula is C21H22N4O. The minimum atomic E-state index is -0.139. The highest BCUT2D eigenvalue weighted by Gasteiger charge is 2.17. The van der Waals surface area contributed by atoms with E-state index in [1.165, 1.54) is 11.1 Å². The van der Waals surface area contributed by atoms with Crippen molar-refractivity contribution in [2.75, 3.05) is 16.8 Å². The summed E-state index contributed by atoms with van der Waals surface area (Å²) < 4.78 is 0. The molecule has 3 aromatic rings. The third kappa shape index (κ3) is 4.06. The summed E-state index contributed by atoms with van der Waals surface area (Å²) in [5.41, 5.74) is 3.60. The molecule has 5 nitrogen and oxygen atoms in total. The molecule has 2 aromatic carbocycles. The summed E-state index contributed by atoms with van der Waals surface area (Å²) in [6.07, 6.45) is 1.61. The topological polar surface area (TPSA) is 58.1 Å². The van der Waals surface area contributed by atoms with E-state index >= 15 is 0 Å². The fourth-order valence-corrected chi connectivity index (χ4v) is 2.74. The number of nitrogens with zero attached hydrogens (tertiary/aromatic N) is 3. The molecule has 0 aliphatic rings. The van der Waals surface area contributed by atoms with Crippen molar-refractivity contribution in [1.82, 2.24) is 9.97 Å². The molecule has 3 rings (SSSR count). The van der Waals surface area contributed by atoms with E-state index in [0.717, 1.165) is 5.69 Å². The molecule has 0 radical (unpaired) electrons. The van der Waals surface area contributed by atoms with Crippen LogP contribution in [0.5, 0.6) is 0 Å². The third-order valence-electron chi connectivity index (χ3n) is 4.20. The molecule has 0 saturated heterocycles. The second-order valence-electron chi connectivity index (χ2n) is 5.93. The van der Waals surface area contributed by atoms with Crippen LogP contribution in [0.25, 0.3) is 0 Å². The summed E-state index contributed by atoms with van der Waals surface area (Å²) in [5.74, 6) is 0.309. The maximum Gasteiger partial charge on any atom is 0.277 e. The van der Waals surface area contributed by atoms with Gasteiger partial charge in [-0.15, -0.1) is 0 Å². The second kappa shape index (κ2) is 8.25. The van der Waals surface area contributed by atoms with Crippen LogP contribution in [0.1, 0.15) is 28.5 Å². The molecule has 0 unspecified atom stereocenters. The number of rotatable bonds is 6. The van der Waals surface area contributed by atoms with Gasteiger partial charge in [-0.05, 0) is 43.2 Å². The number of carbonyl (C=O) groups is 1. The largest absolute Gasteiger partial charge is 0.350 e. The van der Waals surface area contributed by atoms with Gasteiger partial charge in [0, 0.05) is 25.0 Å². The Hall–Kier alpha value is -3.21. The average molecular weight is 346 g/mol. The summed E-state index contributed by atoms with van der Waals surface area (Å²) >= 11 is 0. The van der Waals surface area contributed by atoms with Gasteiger partial charge in [-0.1, -0.05) is 42.5 Å². The van der Waals surface area contributed by atoms with Gasteiger partial charge in [0.15, 0.2) is 0 Å². The zero-order chi connectivity index (χ0) is 18.4. The van der Waals surface area contributed by atoms with Gasteiger partial charge in [-0.3, -0.25) is 4.79 Å². The van der Waals surface area contributed by atoms with Crippen LogP contribution >= 0.6 is 0 Å². The number of para-hydroxylation sites is 1. The maximum absolute atomic E-state index is 12.9. The van der Waals surface area contributed by atoms with Gasteiger partial charge in [0.25, 0.3) is 5.91 Å². The maximum atomic E-state index is 12.9. The fraction of sp³-hybridized carbons (Fsp3) is 0.190. The van der Waals surface area contributed by atoms with E-state index in [1.807, 2.05) is 49.4 Å². The highest BCUT2D eigenvalue weighted by molar-refractivity contribution is 6.04. The Labute approximate surface area is 153 Å². The quantitative estimate of drug-likeness (QED) is 0.731. The van der Waals surface area contributed by atoms with Gasteiger partial charge in [-0.25, -0.2) is 9.97 Å². The van der Waals surface area contributed by atoms with Crippen molar-refractivity contribution < 1.29 is 4.79 Å². The smallest absolute Gasteiger partial charge is 0.277 e. The number of hydrogen-bond acceptors (Lipinski definition) is 4. The van der Waals surface area contributed by atoms with Crippen molar-refractivity contribution in [3.8, 4) is 0 Å². The van der Waals surface area contributed by atoms with Gasteiger partial charge in [0.2, 0.25) is 5.95 Å². The number of aryl methyl sites for hydroxylation is 1. The molecule has 26 heavy (non-hydrogen) atoms. The summed E-state index contributed by atoms with van der Waals surface area (Å²) in [7, 11) is 0. The fourth-order valence-electron chi connectivity index (χ4n) is 2.74. The third-order valence-corrected chi connectivity index (χ3v) is 4.20. The number of anilines is 2. The van der Waals surface area contributed by atoms with Gasteiger partial charge < -0.3 is 10.2 Å². The van der Waals surface area contributed by atoms with Crippen LogP contribution in [-0.2, 0) is 6.54 Å². The normalized spacial score (nSPS) is 10.4. The standard InChI is InChI=1S/C21H22N4O/c1-3-25(18-11-5-4-6-12-18)20(26)19-13-14-22-21(24-19)23-15-17-10-8-7-9-16(17)2/h4-14H,3,15H2,1-2H3,(H,22,23,24). The van der Waals surface area contributed by atoms with Crippen molar-refractivity contribution in [2.45, 2.75) is 20.4 Å². The molecule has 5 heteroatoms. The van der Waals surface area contributed by atoms with E-state index in [4.69, 9.17) is 0 Å². The number of nitrogens with one attached hydrogen (secondary N) is 1. The summed E-state index contributed by atoms with van der Waals surface area (Å²) in [6, 6.07) is 19.4. The molecule has 0 fully saturated rings. The molecule has 1 aromatic heterocycles. The first kappa shape index (κ1) is 17.6. The zero-order valence-electron chi connectivity index (χ0n) is 15.0. The summed E-state index contributed by atoms with van der Waals surface area (Å²) in [5, 5.41) is 3.20. The Morgan fingerprint density at radius 3 is 2.50 bits per heavy atom. The monoisotopic (exact) mass is 346 g/mol. The first-order chi connectivity index (χ1) is 12.7. The van der Waals surface area contributed by atoms with Crippen LogP contribution in [0.4, 0.5) is 11.6 Å². The van der Waals surface area contributed by atoms with Crippen molar-refractivity contribution in [2.24, 2.45) is 0 Å². The molecule has 0 saturated carbocycles. The lowest BCUT2D eigenvalue weighted by Gasteiger charge is -2.20. The van der Waals surface area contributed by atoms with Gasteiger partial charge >= 0.3 is 0 Å². The highest BCUT2D eigenvalue weighted by atomic mass is 16.2. The second-order valence-corrected chi connectivity index (χ2v) is 5.93. The van der Waals surface area contributed by atoms with Gasteiger partial charge in [0.1, 0.15) is 5.69 Å². The number of hydrogen-bond donors (Lipinski definition) is 1. The predicted octanol–water partition coefficient (Wildman–Crippen LogP) is 4.06. The first-order valence-corrected chi connectivity index (χ1v) is 8.67. The SMILES string of the molecule is CCN(C(=O)c1ccnc(NCc2ccccc2C)n1)c1ccccc1. The number of amides is 1. The van der Waals surface area contributed by atoms with E-state index in [0.29, 0.717) is 24.7 Å². The van der Waals surface area contributed by atoms with Gasteiger partial charge in [0.05, 0.1) is 0 Å². The molecule has 0 bridgehead atoms. The predicted molar refractivity (Wildman–Crippen MR) is 104 cm³/mol. The zero-order valence-corrected chi connectivity index (χ0v) is 15.0. The molecule has 1 N–H and O–H groups in total. The number of carbonyl (C=O) groups excluding carboxylic acids is 1. The average Bonchev–Trinajstić information content (AvgIpc) is 2.69. The van der Waals surface area contributed by atoms with Crippen LogP contribution in [-0.4, -0.2) is 22.4 Å². The van der Waals surface area contributed by atoms with E-state index in [1.54, 1.807) is 17.2 Å². The van der Waals surface area contributed by atoms with Crippen LogP contribution in [0.15, 0.2) is 66.9 Å². The molecule has 0 aliphatic heterocycles. The molecule has 132 valence electrons. The van der Waals surface area contributed by atoms with Gasteiger partial charge in [-0.2, -0.15) is 0 Å². The van der Waals surface area contributed by atoms with Crippen LogP contribution in [0, 0.1) is 6.92 Å². The number of aromatic nitrogens is 2. The molecule has 0 atom stereocenters. The lowest BCUT2D eigenvalue weighted by atomic mass is 10.1. The Balaban J connectivity index is 1.76. The first-order valence-electron chi connectivity index (χ1n) is 8.67. The van der Waals surface area contributed by atoms with E-state index in [9.17, 15) is 4.79 Å². The lowest BCUT2D eigenvalue weighted by Crippen LogP contribution is -2.31. The lowest BCUT2D eigenvalue weighted by molar-refractivity contribution is 0.0983. The molecule has 1 heterocycles. The van der Waals surface area contributed by atoms with Crippen LogP contribution < -0.4 is 10.2 Å². The summed E-state index contributed by atoms with van der Waals surface area (Å²) in [6.45, 7) is 5.19. The van der Waals surface area contributed by atoms with Crippen molar-refractivity contribution >= 4 is 17.5 Å². The van der Waals surface area contributed by atoms with Crippen LogP contribution in [0.3, 0.4) is 0 Å². The minimum Gasteiger partial charge on any atom is -0.350 e. The Morgan fingerprint density at radius 1 is 1.04 bits per heavy atom. The van der Waals surface area contributed by atoms with Crippen LogP contribution in [0.2, 0.25) is 0 Å². The van der Waals surface area contributed by atoms with Crippen molar-refractivity contribution in [1.29, 1.82) is 0 Å². The van der Waals surface area contributed by atoms with E-state index < -0.39 is 0 Å².